The second-order valence-corrected chi connectivity index (χ2v) is 6.96. The third kappa shape index (κ3) is 9.16. The van der Waals surface area contributed by atoms with Gasteiger partial charge in [-0.05, 0) is 32.9 Å². The summed E-state index contributed by atoms with van der Waals surface area (Å²) in [6.07, 6.45) is -1.79. The number of hydrogen-bond donors (Lipinski definition) is 3. The van der Waals surface area contributed by atoms with Crippen LogP contribution in [-0.2, 0) is 9.63 Å². The van der Waals surface area contributed by atoms with Crippen molar-refractivity contribution in [2.45, 2.75) is 44.9 Å². The molecular formula is C18H26N4O6. The van der Waals surface area contributed by atoms with E-state index < -0.39 is 22.8 Å². The number of nitriles is 1. The van der Waals surface area contributed by atoms with Gasteiger partial charge in [0.05, 0.1) is 12.0 Å². The molecule has 0 bridgehead atoms. The molecule has 2 atom stereocenters. The second-order valence-electron chi connectivity index (χ2n) is 6.96. The normalized spacial score (nSPS) is 13.1. The summed E-state index contributed by atoms with van der Waals surface area (Å²) in [5.41, 5.74) is -0.144. The predicted molar refractivity (Wildman–Crippen MR) is 99.9 cm³/mol. The van der Waals surface area contributed by atoms with Crippen molar-refractivity contribution in [1.29, 1.82) is 5.26 Å². The minimum Gasteiger partial charge on any atom is -0.489 e. The second kappa shape index (κ2) is 11.1. The van der Waals surface area contributed by atoms with Crippen LogP contribution >= 0.6 is 0 Å². The van der Waals surface area contributed by atoms with Crippen LogP contribution in [0.5, 0.6) is 5.75 Å². The van der Waals surface area contributed by atoms with E-state index in [1.165, 1.54) is 6.92 Å². The lowest BCUT2D eigenvalue weighted by atomic mass is 10.1. The molecule has 1 aromatic carbocycles. The number of β-amino-alcohol motifs (C(OH)–C–C–N with tert-alkyl or cyclic N) is 1. The fraction of sp³-hybridized carbons (Fsp3) is 0.556. The Bertz CT molecular complexity index is 704. The summed E-state index contributed by atoms with van der Waals surface area (Å²) < 4.78 is 5.48. The summed E-state index contributed by atoms with van der Waals surface area (Å²) in [5, 5.41) is 34.2. The van der Waals surface area contributed by atoms with Gasteiger partial charge < -0.3 is 25.3 Å². The highest BCUT2D eigenvalue weighted by atomic mass is 17.0. The molecule has 0 aliphatic heterocycles. The minimum absolute atomic E-state index is 0.00385. The smallest absolute Gasteiger partial charge is 0.294 e. The Balaban J connectivity index is 2.34. The van der Waals surface area contributed by atoms with E-state index in [2.05, 4.69) is 15.5 Å². The molecule has 0 aliphatic carbocycles. The van der Waals surface area contributed by atoms with Crippen LogP contribution in [0.25, 0.3) is 0 Å². The molecule has 2 unspecified atom stereocenters. The number of rotatable bonds is 12. The quantitative estimate of drug-likeness (QED) is 0.348. The largest absolute Gasteiger partial charge is 0.489 e. The molecule has 28 heavy (non-hydrogen) atoms. The summed E-state index contributed by atoms with van der Waals surface area (Å²) in [5.74, 6) is 0.0304. The molecule has 0 aromatic heterocycles. The lowest BCUT2D eigenvalue weighted by Crippen LogP contribution is -2.52. The third-order valence-electron chi connectivity index (χ3n) is 3.72. The molecule has 1 aromatic rings. The number of aliphatic hydroxyl groups excluding tert-OH is 1. The van der Waals surface area contributed by atoms with E-state index in [0.29, 0.717) is 11.3 Å². The zero-order chi connectivity index (χ0) is 21.2. The van der Waals surface area contributed by atoms with Crippen molar-refractivity contribution in [2.24, 2.45) is 0 Å². The average Bonchev–Trinajstić information content (AvgIpc) is 2.62. The molecule has 1 rings (SSSR count). The van der Waals surface area contributed by atoms with E-state index in [9.17, 15) is 20.0 Å². The number of nitrogens with one attached hydrogen (secondary N) is 2. The maximum absolute atomic E-state index is 11.8. The molecule has 0 saturated carbocycles. The van der Waals surface area contributed by atoms with Gasteiger partial charge in [-0.2, -0.15) is 5.26 Å². The number of amides is 1. The standard InChI is InChI=1S/C18H26N4O6/c1-13(28-22(25)26)8-17(24)20-12-18(2,3)21-10-15(23)11-27-16-7-5-4-6-14(16)9-19/h4-7,13,15,21,23H,8,10-12H2,1-3H3,(H,20,24). The Hall–Kier alpha value is -2.90. The number of hydrogen-bond acceptors (Lipinski definition) is 8. The van der Waals surface area contributed by atoms with Gasteiger partial charge in [0.15, 0.2) is 0 Å². The van der Waals surface area contributed by atoms with Gasteiger partial charge in [0.1, 0.15) is 30.6 Å². The molecular weight excluding hydrogens is 368 g/mol. The fourth-order valence-electron chi connectivity index (χ4n) is 2.22. The molecule has 154 valence electrons. The highest BCUT2D eigenvalue weighted by Gasteiger charge is 2.21. The van der Waals surface area contributed by atoms with E-state index in [1.54, 1.807) is 24.3 Å². The Morgan fingerprint density at radius 3 is 2.75 bits per heavy atom. The summed E-state index contributed by atoms with van der Waals surface area (Å²) in [7, 11) is 0. The van der Waals surface area contributed by atoms with Crippen molar-refractivity contribution in [3.8, 4) is 11.8 Å². The first-order chi connectivity index (χ1) is 13.1. The number of benzene rings is 1. The topological polar surface area (TPSA) is 147 Å². The van der Waals surface area contributed by atoms with Gasteiger partial charge in [0, 0.05) is 18.6 Å². The van der Waals surface area contributed by atoms with E-state index in [0.717, 1.165) is 0 Å². The summed E-state index contributed by atoms with van der Waals surface area (Å²) in [6, 6.07) is 8.77. The van der Waals surface area contributed by atoms with Crippen LogP contribution in [0.1, 0.15) is 32.8 Å². The van der Waals surface area contributed by atoms with Crippen LogP contribution in [-0.4, -0.2) is 53.5 Å². The van der Waals surface area contributed by atoms with Crippen molar-refractivity contribution >= 4 is 5.91 Å². The lowest BCUT2D eigenvalue weighted by molar-refractivity contribution is -0.767. The number of ether oxygens (including phenoxy) is 1. The molecule has 0 fully saturated rings. The maximum Gasteiger partial charge on any atom is 0.294 e. The molecule has 0 heterocycles. The van der Waals surface area contributed by atoms with Crippen LogP contribution in [0.15, 0.2) is 24.3 Å². The molecule has 0 saturated heterocycles. The van der Waals surface area contributed by atoms with Gasteiger partial charge in [-0.1, -0.05) is 12.1 Å². The van der Waals surface area contributed by atoms with Crippen LogP contribution in [0.3, 0.4) is 0 Å². The summed E-state index contributed by atoms with van der Waals surface area (Å²) >= 11 is 0. The van der Waals surface area contributed by atoms with Gasteiger partial charge in [-0.25, -0.2) is 0 Å². The molecule has 1 amide bonds. The molecule has 10 heteroatoms. The van der Waals surface area contributed by atoms with Gasteiger partial charge in [0.2, 0.25) is 5.91 Å². The number of para-hydroxylation sites is 1. The van der Waals surface area contributed by atoms with Crippen LogP contribution < -0.4 is 15.4 Å². The average molecular weight is 394 g/mol. The summed E-state index contributed by atoms with van der Waals surface area (Å²) in [6.45, 7) is 5.57. The van der Waals surface area contributed by atoms with Gasteiger partial charge >= 0.3 is 0 Å². The van der Waals surface area contributed by atoms with Crippen LogP contribution in [0, 0.1) is 21.4 Å². The van der Waals surface area contributed by atoms with Crippen molar-refractivity contribution in [3.05, 3.63) is 39.9 Å². The van der Waals surface area contributed by atoms with E-state index in [1.807, 2.05) is 19.9 Å². The van der Waals surface area contributed by atoms with E-state index in [4.69, 9.17) is 10.00 Å². The van der Waals surface area contributed by atoms with Crippen molar-refractivity contribution in [1.82, 2.24) is 10.6 Å². The van der Waals surface area contributed by atoms with Crippen molar-refractivity contribution < 1.29 is 24.6 Å². The number of nitrogens with zero attached hydrogens (tertiary/aromatic N) is 2. The highest BCUT2D eigenvalue weighted by molar-refractivity contribution is 5.76. The van der Waals surface area contributed by atoms with Crippen molar-refractivity contribution in [2.75, 3.05) is 19.7 Å². The predicted octanol–water partition coefficient (Wildman–Crippen LogP) is 0.769. The monoisotopic (exact) mass is 394 g/mol. The zero-order valence-electron chi connectivity index (χ0n) is 16.2. The Morgan fingerprint density at radius 1 is 1.43 bits per heavy atom. The van der Waals surface area contributed by atoms with Gasteiger partial charge in [-0.15, -0.1) is 10.1 Å². The molecule has 0 spiro atoms. The Morgan fingerprint density at radius 2 is 2.11 bits per heavy atom. The third-order valence-corrected chi connectivity index (χ3v) is 3.72. The first kappa shape index (κ1) is 23.1. The van der Waals surface area contributed by atoms with Crippen molar-refractivity contribution in [3.63, 3.8) is 0 Å². The molecule has 3 N–H and O–H groups in total. The SMILES string of the molecule is CC(CC(=O)NCC(C)(C)NCC(O)COc1ccccc1C#N)O[N+](=O)[O-]. The fourth-order valence-corrected chi connectivity index (χ4v) is 2.22. The summed E-state index contributed by atoms with van der Waals surface area (Å²) in [4.78, 5) is 26.3. The molecule has 0 aliphatic rings. The van der Waals surface area contributed by atoms with Crippen LogP contribution in [0.2, 0.25) is 0 Å². The van der Waals surface area contributed by atoms with E-state index in [-0.39, 0.29) is 32.0 Å². The minimum atomic E-state index is -0.929. The van der Waals surface area contributed by atoms with E-state index >= 15 is 0 Å². The number of aliphatic hydroxyl groups is 1. The first-order valence-electron chi connectivity index (χ1n) is 8.76. The van der Waals surface area contributed by atoms with Crippen LogP contribution in [0.4, 0.5) is 0 Å². The lowest BCUT2D eigenvalue weighted by Gasteiger charge is -2.28. The maximum atomic E-state index is 11.8. The van der Waals surface area contributed by atoms with Gasteiger partial charge in [0.25, 0.3) is 5.09 Å². The first-order valence-corrected chi connectivity index (χ1v) is 8.76. The Labute approximate surface area is 163 Å². The number of carbonyl (C=O) groups excluding carboxylic acids is 1. The highest BCUT2D eigenvalue weighted by Crippen LogP contribution is 2.16. The number of carbonyl (C=O) groups is 1. The Kier molecular flexibility index (Phi) is 9.14. The zero-order valence-corrected chi connectivity index (χ0v) is 16.2. The van der Waals surface area contributed by atoms with Gasteiger partial charge in [-0.3, -0.25) is 4.79 Å². The molecule has 10 nitrogen and oxygen atoms in total. The molecule has 0 radical (unpaired) electrons.